The summed E-state index contributed by atoms with van der Waals surface area (Å²) in [6, 6.07) is 0. The summed E-state index contributed by atoms with van der Waals surface area (Å²) >= 11 is 0. The molecule has 8 heteroatoms. The van der Waals surface area contributed by atoms with Gasteiger partial charge in [0, 0.05) is 18.6 Å². The fraction of sp³-hybridized carbons (Fsp3) is 0. The second-order valence-corrected chi connectivity index (χ2v) is 1.34. The van der Waals surface area contributed by atoms with Crippen LogP contribution >= 0.6 is 7.82 Å². The average Bonchev–Trinajstić information content (AvgIpc) is 0.722. The molecule has 0 aliphatic heterocycles. The molecule has 0 spiro atoms. The van der Waals surface area contributed by atoms with Crippen molar-refractivity contribution in [1.82, 2.24) is 0 Å². The van der Waals surface area contributed by atoms with E-state index in [2.05, 4.69) is 0 Å². The molecule has 0 unspecified atom stereocenters. The molecule has 1 radical (unpaired) electrons. The normalized spacial score (nSPS) is 7.38. The summed E-state index contributed by atoms with van der Waals surface area (Å²) in [5.41, 5.74) is 0. The van der Waals surface area contributed by atoms with Crippen molar-refractivity contribution in [2.24, 2.45) is 0 Å². The number of hydrogen-bond donors (Lipinski definition) is 0. The molecular formula is NaO4PVZn. The van der Waals surface area contributed by atoms with Crippen molar-refractivity contribution in [2.75, 3.05) is 0 Å². The number of rotatable bonds is 0. The van der Waals surface area contributed by atoms with Gasteiger partial charge in [0.2, 0.25) is 0 Å². The van der Waals surface area contributed by atoms with E-state index in [1.807, 2.05) is 0 Å². The van der Waals surface area contributed by atoms with Crippen molar-refractivity contribution < 1.29 is 86.8 Å². The molecule has 0 aliphatic carbocycles. The van der Waals surface area contributed by atoms with E-state index in [0.717, 1.165) is 0 Å². The molecule has 0 aliphatic rings. The minimum absolute atomic E-state index is 0. The van der Waals surface area contributed by atoms with Crippen molar-refractivity contribution >= 4 is 7.82 Å². The van der Waals surface area contributed by atoms with Gasteiger partial charge in [-0.25, -0.2) is 0 Å². The molecule has 0 aromatic rings. The Hall–Kier alpha value is 2.32. The molecule has 0 aromatic carbocycles. The molecule has 0 fully saturated rings. The third-order valence-electron chi connectivity index (χ3n) is 0. The van der Waals surface area contributed by atoms with Crippen molar-refractivity contribution in [3.8, 4) is 0 Å². The van der Waals surface area contributed by atoms with Gasteiger partial charge in [0.1, 0.15) is 0 Å². The maximum Gasteiger partial charge on any atom is 2.00 e. The molecule has 0 rings (SSSR count). The Bertz CT molecular complexity index is 62.2. The molecule has 0 bridgehead atoms. The Balaban J connectivity index is -0.0000000267. The second-order valence-electron chi connectivity index (χ2n) is 0.447. The third-order valence-corrected chi connectivity index (χ3v) is 0. The molecule has 0 saturated heterocycles. The minimum atomic E-state index is -5.39. The fourth-order valence-corrected chi connectivity index (χ4v) is 0. The molecule has 0 saturated carbocycles. The van der Waals surface area contributed by atoms with Crippen molar-refractivity contribution in [3.63, 3.8) is 0 Å². The van der Waals surface area contributed by atoms with Gasteiger partial charge in [0.25, 0.3) is 0 Å². The first kappa shape index (κ1) is 22.4. The molecule has 0 atom stereocenters. The SMILES string of the molecule is O=P([O-])([O-])[O-].[Na+].[V].[Zn+2]. The van der Waals surface area contributed by atoms with Gasteiger partial charge in [0.05, 0.1) is 0 Å². The van der Waals surface area contributed by atoms with Gasteiger partial charge in [-0.3, -0.25) is 0 Å². The number of phosphoric acid groups is 1. The molecule has 0 aromatic heterocycles. The minimum Gasteiger partial charge on any atom is -0.822 e. The predicted molar refractivity (Wildman–Crippen MR) is 7.61 cm³/mol. The van der Waals surface area contributed by atoms with Crippen LogP contribution in [0.2, 0.25) is 0 Å². The summed E-state index contributed by atoms with van der Waals surface area (Å²) in [5, 5.41) is 0. The van der Waals surface area contributed by atoms with Crippen molar-refractivity contribution in [2.45, 2.75) is 0 Å². The maximum atomic E-state index is 8.55. The zero-order valence-corrected chi connectivity index (χ0v) is 11.5. The summed E-state index contributed by atoms with van der Waals surface area (Å²) < 4.78 is 8.55. The second kappa shape index (κ2) is 9.32. The predicted octanol–water partition coefficient (Wildman–Crippen LogP) is -5.83. The Kier molecular flexibility index (Phi) is 26.1. The first-order chi connectivity index (χ1) is 2.00. The van der Waals surface area contributed by atoms with Crippen LogP contribution in [0.5, 0.6) is 0 Å². The molecule has 8 heavy (non-hydrogen) atoms. The summed E-state index contributed by atoms with van der Waals surface area (Å²) in [5.74, 6) is 0. The van der Waals surface area contributed by atoms with Crippen LogP contribution in [-0.4, -0.2) is 0 Å². The largest absolute Gasteiger partial charge is 2.00 e. The average molecular weight is 234 g/mol. The summed E-state index contributed by atoms with van der Waals surface area (Å²) in [7, 11) is -5.39. The van der Waals surface area contributed by atoms with Crippen LogP contribution in [0.15, 0.2) is 0 Å². The van der Waals surface area contributed by atoms with Gasteiger partial charge < -0.3 is 19.2 Å². The van der Waals surface area contributed by atoms with Gasteiger partial charge >= 0.3 is 49.0 Å². The quantitative estimate of drug-likeness (QED) is 0.308. The van der Waals surface area contributed by atoms with E-state index >= 15 is 0 Å². The van der Waals surface area contributed by atoms with Crippen LogP contribution in [0, 0.1) is 0 Å². The van der Waals surface area contributed by atoms with E-state index in [0.29, 0.717) is 0 Å². The molecular weight excluding hydrogens is 234 g/mol. The standard InChI is InChI=1S/Na.H3O4P.V.Zn/c;1-5(2,3)4;;/h;(H3,1,2,3,4);;/q+1;;;+2/p-3. The fourth-order valence-electron chi connectivity index (χ4n) is 0. The summed E-state index contributed by atoms with van der Waals surface area (Å²) in [6.07, 6.45) is 0. The molecule has 0 N–H and O–H groups in total. The topological polar surface area (TPSA) is 86.2 Å². The van der Waals surface area contributed by atoms with Crippen molar-refractivity contribution in [1.29, 1.82) is 0 Å². The zero-order valence-electron chi connectivity index (χ0n) is 4.23. The first-order valence-corrected chi connectivity index (χ1v) is 2.19. The Morgan fingerprint density at radius 3 is 1.12 bits per heavy atom. The van der Waals surface area contributed by atoms with E-state index in [4.69, 9.17) is 19.2 Å². The molecule has 0 heterocycles. The summed E-state index contributed by atoms with van der Waals surface area (Å²) in [6.45, 7) is 0. The van der Waals surface area contributed by atoms with E-state index in [1.54, 1.807) is 0 Å². The van der Waals surface area contributed by atoms with Crippen LogP contribution in [0.1, 0.15) is 0 Å². The molecule has 4 nitrogen and oxygen atoms in total. The van der Waals surface area contributed by atoms with E-state index in [1.165, 1.54) is 0 Å². The number of hydrogen-bond acceptors (Lipinski definition) is 4. The van der Waals surface area contributed by atoms with E-state index < -0.39 is 7.82 Å². The van der Waals surface area contributed by atoms with Crippen LogP contribution in [-0.2, 0) is 42.6 Å². The molecule has 37 valence electrons. The van der Waals surface area contributed by atoms with Gasteiger partial charge in [-0.1, -0.05) is 0 Å². The molecule has 0 amide bonds. The van der Waals surface area contributed by atoms with Gasteiger partial charge in [-0.2, -0.15) is 7.82 Å². The van der Waals surface area contributed by atoms with Crippen LogP contribution in [0.25, 0.3) is 0 Å². The monoisotopic (exact) mass is 233 g/mol. The Morgan fingerprint density at radius 1 is 1.12 bits per heavy atom. The van der Waals surface area contributed by atoms with Crippen LogP contribution < -0.4 is 44.2 Å². The van der Waals surface area contributed by atoms with Crippen molar-refractivity contribution in [3.05, 3.63) is 0 Å². The summed E-state index contributed by atoms with van der Waals surface area (Å²) in [4.78, 5) is 25.6. The first-order valence-electron chi connectivity index (χ1n) is 0.730. The third kappa shape index (κ3) is 82.9. The van der Waals surface area contributed by atoms with Gasteiger partial charge in [-0.05, 0) is 0 Å². The zero-order chi connectivity index (χ0) is 4.50. The van der Waals surface area contributed by atoms with Crippen LogP contribution in [0.4, 0.5) is 0 Å². The maximum absolute atomic E-state index is 8.55. The van der Waals surface area contributed by atoms with Gasteiger partial charge in [-0.15, -0.1) is 0 Å². The Morgan fingerprint density at radius 2 is 1.12 bits per heavy atom. The van der Waals surface area contributed by atoms with E-state index in [9.17, 15) is 0 Å². The van der Waals surface area contributed by atoms with Gasteiger partial charge in [0.15, 0.2) is 0 Å². The Labute approximate surface area is 93.6 Å². The van der Waals surface area contributed by atoms with Crippen LogP contribution in [0.3, 0.4) is 0 Å². The smallest absolute Gasteiger partial charge is 0.822 e. The van der Waals surface area contributed by atoms with E-state index in [-0.39, 0.29) is 67.6 Å².